The van der Waals surface area contributed by atoms with Crippen LogP contribution in [-0.2, 0) is 4.74 Å². The summed E-state index contributed by atoms with van der Waals surface area (Å²) in [4.78, 5) is 20.8. The summed E-state index contributed by atoms with van der Waals surface area (Å²) < 4.78 is 5.10. The number of hydrogen-bond donors (Lipinski definition) is 1. The molecule has 0 spiro atoms. The molecule has 1 aromatic rings. The van der Waals surface area contributed by atoms with Crippen molar-refractivity contribution in [1.82, 2.24) is 9.97 Å². The highest BCUT2D eigenvalue weighted by atomic mass is 16.6. The third-order valence-electron chi connectivity index (χ3n) is 2.45. The van der Waals surface area contributed by atoms with Gasteiger partial charge in [-0.05, 0) is 6.92 Å². The van der Waals surface area contributed by atoms with Crippen LogP contribution in [0.15, 0.2) is 18.7 Å². The first-order chi connectivity index (χ1) is 7.24. The van der Waals surface area contributed by atoms with Crippen LogP contribution in [0.25, 0.3) is 0 Å². The van der Waals surface area contributed by atoms with Gasteiger partial charge in [0.15, 0.2) is 0 Å². The second-order valence-electron chi connectivity index (χ2n) is 3.37. The van der Waals surface area contributed by atoms with E-state index in [9.17, 15) is 4.79 Å². The summed E-state index contributed by atoms with van der Waals surface area (Å²) in [5, 5.41) is 0. The third-order valence-corrected chi connectivity index (χ3v) is 2.45. The van der Waals surface area contributed by atoms with Crippen molar-refractivity contribution in [2.45, 2.75) is 19.1 Å². The zero-order valence-corrected chi connectivity index (χ0v) is 8.33. The van der Waals surface area contributed by atoms with Gasteiger partial charge in [0.05, 0.1) is 24.1 Å². The van der Waals surface area contributed by atoms with Gasteiger partial charge in [-0.15, -0.1) is 0 Å². The standard InChI is InChI=1S/C9H12N4O2/c1-6-8(2-10)15-9(14)13(6)7-3-11-5-12-4-7/h3-6,8H,2,10H2,1H3. The van der Waals surface area contributed by atoms with Crippen molar-refractivity contribution in [1.29, 1.82) is 0 Å². The van der Waals surface area contributed by atoms with Gasteiger partial charge in [-0.2, -0.15) is 0 Å². The van der Waals surface area contributed by atoms with Gasteiger partial charge >= 0.3 is 6.09 Å². The minimum absolute atomic E-state index is 0.0894. The van der Waals surface area contributed by atoms with Crippen LogP contribution in [0, 0.1) is 0 Å². The summed E-state index contributed by atoms with van der Waals surface area (Å²) in [5.74, 6) is 0. The number of carbonyl (C=O) groups is 1. The van der Waals surface area contributed by atoms with Crippen LogP contribution in [-0.4, -0.2) is 34.8 Å². The van der Waals surface area contributed by atoms with Crippen LogP contribution in [0.1, 0.15) is 6.92 Å². The number of carbonyl (C=O) groups excluding carboxylic acids is 1. The topological polar surface area (TPSA) is 81.3 Å². The fourth-order valence-electron chi connectivity index (χ4n) is 1.62. The van der Waals surface area contributed by atoms with E-state index < -0.39 is 6.09 Å². The van der Waals surface area contributed by atoms with Crippen LogP contribution in [0.3, 0.4) is 0 Å². The van der Waals surface area contributed by atoms with Crippen LogP contribution in [0.2, 0.25) is 0 Å². The number of ether oxygens (including phenoxy) is 1. The quantitative estimate of drug-likeness (QED) is 0.748. The molecule has 2 rings (SSSR count). The zero-order valence-electron chi connectivity index (χ0n) is 8.33. The number of nitrogens with zero attached hydrogens (tertiary/aromatic N) is 3. The second kappa shape index (κ2) is 3.82. The normalized spacial score (nSPS) is 25.5. The smallest absolute Gasteiger partial charge is 0.415 e. The summed E-state index contributed by atoms with van der Waals surface area (Å²) in [5.41, 5.74) is 6.12. The van der Waals surface area contributed by atoms with Gasteiger partial charge in [-0.1, -0.05) is 0 Å². The number of amides is 1. The summed E-state index contributed by atoms with van der Waals surface area (Å²) in [6.45, 7) is 2.20. The Kier molecular flexibility index (Phi) is 2.51. The Morgan fingerprint density at radius 1 is 1.53 bits per heavy atom. The van der Waals surface area contributed by atoms with E-state index in [2.05, 4.69) is 9.97 Å². The Morgan fingerprint density at radius 3 is 2.73 bits per heavy atom. The van der Waals surface area contributed by atoms with Crippen molar-refractivity contribution in [3.05, 3.63) is 18.7 Å². The maximum Gasteiger partial charge on any atom is 0.415 e. The van der Waals surface area contributed by atoms with Gasteiger partial charge in [-0.3, -0.25) is 4.90 Å². The number of rotatable bonds is 2. The molecule has 15 heavy (non-hydrogen) atoms. The number of nitrogens with two attached hydrogens (primary N) is 1. The molecule has 6 heteroatoms. The molecule has 2 unspecified atom stereocenters. The van der Waals surface area contributed by atoms with Gasteiger partial charge in [0.2, 0.25) is 0 Å². The molecule has 2 N–H and O–H groups in total. The van der Waals surface area contributed by atoms with Crippen LogP contribution >= 0.6 is 0 Å². The molecular weight excluding hydrogens is 196 g/mol. The van der Waals surface area contributed by atoms with Crippen molar-refractivity contribution in [2.75, 3.05) is 11.4 Å². The van der Waals surface area contributed by atoms with Crippen LogP contribution in [0.5, 0.6) is 0 Å². The van der Waals surface area contributed by atoms with Crippen molar-refractivity contribution in [3.63, 3.8) is 0 Å². The minimum Gasteiger partial charge on any atom is -0.442 e. The van der Waals surface area contributed by atoms with Gasteiger partial charge in [0.1, 0.15) is 12.4 Å². The van der Waals surface area contributed by atoms with Gasteiger partial charge in [0.25, 0.3) is 0 Å². The van der Waals surface area contributed by atoms with E-state index in [-0.39, 0.29) is 12.1 Å². The lowest BCUT2D eigenvalue weighted by Gasteiger charge is -2.18. The minimum atomic E-state index is -0.396. The SMILES string of the molecule is CC1C(CN)OC(=O)N1c1cncnc1. The molecule has 1 aliphatic rings. The molecule has 6 nitrogen and oxygen atoms in total. The molecule has 0 radical (unpaired) electrons. The van der Waals surface area contributed by atoms with Crippen molar-refractivity contribution >= 4 is 11.8 Å². The van der Waals surface area contributed by atoms with Crippen molar-refractivity contribution < 1.29 is 9.53 Å². The van der Waals surface area contributed by atoms with E-state index in [0.717, 1.165) is 0 Å². The fourth-order valence-corrected chi connectivity index (χ4v) is 1.62. The first-order valence-corrected chi connectivity index (χ1v) is 4.69. The van der Waals surface area contributed by atoms with E-state index in [0.29, 0.717) is 12.2 Å². The maximum atomic E-state index is 11.5. The summed E-state index contributed by atoms with van der Waals surface area (Å²) in [7, 11) is 0. The van der Waals surface area contributed by atoms with E-state index in [1.54, 1.807) is 12.4 Å². The van der Waals surface area contributed by atoms with E-state index in [1.165, 1.54) is 11.2 Å². The van der Waals surface area contributed by atoms with Gasteiger partial charge < -0.3 is 10.5 Å². The van der Waals surface area contributed by atoms with Crippen molar-refractivity contribution in [3.8, 4) is 0 Å². The fraction of sp³-hybridized carbons (Fsp3) is 0.444. The molecule has 1 aliphatic heterocycles. The Morgan fingerprint density at radius 2 is 2.20 bits per heavy atom. The number of hydrogen-bond acceptors (Lipinski definition) is 5. The predicted octanol–water partition coefficient (Wildman–Crippen LogP) is 0.149. The molecule has 0 aliphatic carbocycles. The predicted molar refractivity (Wildman–Crippen MR) is 53.3 cm³/mol. The molecular formula is C9H12N4O2. The summed E-state index contributed by atoms with van der Waals surface area (Å²) in [6.07, 6.45) is 3.90. The molecule has 1 fully saturated rings. The van der Waals surface area contributed by atoms with E-state index in [4.69, 9.17) is 10.5 Å². The molecule has 2 atom stereocenters. The molecule has 2 heterocycles. The number of anilines is 1. The molecule has 0 bridgehead atoms. The van der Waals surface area contributed by atoms with Gasteiger partial charge in [-0.25, -0.2) is 14.8 Å². The Bertz CT molecular complexity index is 356. The third kappa shape index (κ3) is 1.63. The number of cyclic esters (lactones) is 1. The lowest BCUT2D eigenvalue weighted by Crippen LogP contribution is -2.37. The number of aromatic nitrogens is 2. The van der Waals surface area contributed by atoms with Gasteiger partial charge in [0, 0.05) is 6.54 Å². The lowest BCUT2D eigenvalue weighted by atomic mass is 10.2. The molecule has 1 amide bonds. The zero-order chi connectivity index (χ0) is 10.8. The first-order valence-electron chi connectivity index (χ1n) is 4.69. The highest BCUT2D eigenvalue weighted by Gasteiger charge is 2.38. The van der Waals surface area contributed by atoms with E-state index in [1.807, 2.05) is 6.92 Å². The second-order valence-corrected chi connectivity index (χ2v) is 3.37. The Labute approximate surface area is 87.1 Å². The van der Waals surface area contributed by atoms with E-state index >= 15 is 0 Å². The molecule has 1 aromatic heterocycles. The van der Waals surface area contributed by atoms with Crippen LogP contribution in [0.4, 0.5) is 10.5 Å². The summed E-state index contributed by atoms with van der Waals surface area (Å²) in [6, 6.07) is -0.0894. The lowest BCUT2D eigenvalue weighted by molar-refractivity contribution is 0.137. The average Bonchev–Trinajstić information content (AvgIpc) is 2.55. The largest absolute Gasteiger partial charge is 0.442 e. The summed E-state index contributed by atoms with van der Waals surface area (Å²) >= 11 is 0. The van der Waals surface area contributed by atoms with Crippen LogP contribution < -0.4 is 10.6 Å². The first kappa shape index (κ1) is 9.85. The Hall–Kier alpha value is -1.69. The Balaban J connectivity index is 2.27. The molecule has 80 valence electrons. The average molecular weight is 208 g/mol. The highest BCUT2D eigenvalue weighted by Crippen LogP contribution is 2.24. The highest BCUT2D eigenvalue weighted by molar-refractivity contribution is 5.90. The molecule has 1 saturated heterocycles. The van der Waals surface area contributed by atoms with Crippen molar-refractivity contribution in [2.24, 2.45) is 5.73 Å². The molecule has 0 aromatic carbocycles. The maximum absolute atomic E-state index is 11.5. The molecule has 0 saturated carbocycles. The monoisotopic (exact) mass is 208 g/mol.